The van der Waals surface area contributed by atoms with Crippen LogP contribution in [0.25, 0.3) is 0 Å². The predicted molar refractivity (Wildman–Crippen MR) is 146 cm³/mol. The number of ketones is 1. The molecule has 0 amide bonds. The molecule has 0 saturated carbocycles. The van der Waals surface area contributed by atoms with E-state index in [1.807, 2.05) is 0 Å². The molecule has 202 valence electrons. The van der Waals surface area contributed by atoms with Crippen LogP contribution in [0.2, 0.25) is 0 Å². The van der Waals surface area contributed by atoms with Crippen LogP contribution < -0.4 is 29.6 Å². The number of Topliss-reactive ketones (excluding diaryl/α,β-unsaturated/α-hetero) is 1. The fourth-order valence-corrected chi connectivity index (χ4v) is 5.60. The Kier molecular flexibility index (Phi) is 22.6. The van der Waals surface area contributed by atoms with Crippen molar-refractivity contribution in [1.82, 2.24) is 0 Å². The van der Waals surface area contributed by atoms with E-state index in [0.717, 1.165) is 38.5 Å². The Morgan fingerprint density at radius 3 is 1.53 bits per heavy atom. The van der Waals surface area contributed by atoms with Gasteiger partial charge in [0.15, 0.2) is 5.78 Å². The molecule has 0 fully saturated rings. The Bertz CT molecular complexity index is 792. The van der Waals surface area contributed by atoms with Crippen molar-refractivity contribution in [3.05, 3.63) is 29.3 Å². The fraction of sp³-hybridized carbons (Fsp3) is 0.767. The number of benzene rings is 1. The standard InChI is InChI=1S/C30H52O4S.Na/c1-3-5-7-9-11-13-15-16-18-20-23-28-27(24-22-26-30(28)35(32,33)34)29(31)25-21-19-17-14-12-10-8-6-4-2;/h22,24,26H,3-21,23,25H2,1-2H3,(H,32,33,34);/q;+1/p-1. The molecule has 0 radical (unpaired) electrons. The summed E-state index contributed by atoms with van der Waals surface area (Å²) in [4.78, 5) is 12.7. The van der Waals surface area contributed by atoms with Crippen LogP contribution in [0.1, 0.15) is 158 Å². The monoisotopic (exact) mass is 530 g/mol. The first-order valence-electron chi connectivity index (χ1n) is 14.5. The maximum absolute atomic E-state index is 12.9. The number of rotatable bonds is 23. The van der Waals surface area contributed by atoms with Gasteiger partial charge in [0.05, 0.1) is 4.90 Å². The maximum Gasteiger partial charge on any atom is 1.00 e. The largest absolute Gasteiger partial charge is 1.00 e. The zero-order valence-corrected chi connectivity index (χ0v) is 26.4. The third-order valence-electron chi connectivity index (χ3n) is 6.99. The summed E-state index contributed by atoms with van der Waals surface area (Å²) < 4.78 is 35.6. The molecule has 0 aliphatic heterocycles. The van der Waals surface area contributed by atoms with Crippen LogP contribution in [0.3, 0.4) is 0 Å². The average molecular weight is 531 g/mol. The molecule has 0 unspecified atom stereocenters. The zero-order chi connectivity index (χ0) is 25.8. The number of hydrogen-bond acceptors (Lipinski definition) is 4. The normalized spacial score (nSPS) is 11.4. The van der Waals surface area contributed by atoms with Crippen molar-refractivity contribution in [2.45, 2.75) is 154 Å². The SMILES string of the molecule is CCCCCCCCCCCCc1c(C(=O)CCCCCCCCCCC)cccc1S(=O)(=O)[O-].[Na+]. The van der Waals surface area contributed by atoms with Gasteiger partial charge in [-0.3, -0.25) is 4.79 Å². The van der Waals surface area contributed by atoms with E-state index in [1.54, 1.807) is 6.07 Å². The Morgan fingerprint density at radius 2 is 1.08 bits per heavy atom. The van der Waals surface area contributed by atoms with E-state index < -0.39 is 10.1 Å². The molecule has 0 heterocycles. The second kappa shape index (κ2) is 22.8. The van der Waals surface area contributed by atoms with Crippen molar-refractivity contribution in [3.63, 3.8) is 0 Å². The molecule has 0 saturated heterocycles. The van der Waals surface area contributed by atoms with E-state index >= 15 is 0 Å². The van der Waals surface area contributed by atoms with E-state index in [4.69, 9.17) is 0 Å². The van der Waals surface area contributed by atoms with Gasteiger partial charge < -0.3 is 4.55 Å². The van der Waals surface area contributed by atoms with Gasteiger partial charge in [0.25, 0.3) is 0 Å². The Balaban J connectivity index is 0.0000122. The third-order valence-corrected chi connectivity index (χ3v) is 7.91. The van der Waals surface area contributed by atoms with Gasteiger partial charge >= 0.3 is 29.6 Å². The van der Waals surface area contributed by atoms with E-state index in [0.29, 0.717) is 24.0 Å². The van der Waals surface area contributed by atoms with Crippen LogP contribution in [-0.2, 0) is 16.5 Å². The topological polar surface area (TPSA) is 74.3 Å². The van der Waals surface area contributed by atoms with Crippen molar-refractivity contribution in [3.8, 4) is 0 Å². The summed E-state index contributed by atoms with van der Waals surface area (Å²) in [6.45, 7) is 4.45. The number of carbonyl (C=O) groups excluding carboxylic acids is 1. The molecule has 0 aliphatic carbocycles. The summed E-state index contributed by atoms with van der Waals surface area (Å²) in [5, 5.41) is 0. The van der Waals surface area contributed by atoms with Gasteiger partial charge in [-0.1, -0.05) is 135 Å². The van der Waals surface area contributed by atoms with Gasteiger partial charge in [0, 0.05) is 12.0 Å². The molecular weight excluding hydrogens is 479 g/mol. The molecule has 6 heteroatoms. The predicted octanol–water partition coefficient (Wildman–Crippen LogP) is 6.16. The van der Waals surface area contributed by atoms with E-state index in [9.17, 15) is 17.8 Å². The van der Waals surface area contributed by atoms with Crippen LogP contribution in [0.15, 0.2) is 23.1 Å². The zero-order valence-electron chi connectivity index (χ0n) is 23.6. The quantitative estimate of drug-likeness (QED) is 0.0735. The van der Waals surface area contributed by atoms with Crippen molar-refractivity contribution < 1.29 is 47.3 Å². The van der Waals surface area contributed by atoms with E-state index in [-0.39, 0.29) is 40.2 Å². The van der Waals surface area contributed by atoms with E-state index in [1.165, 1.54) is 95.6 Å². The fourth-order valence-electron chi connectivity index (χ4n) is 4.84. The first-order valence-corrected chi connectivity index (χ1v) is 15.9. The first kappa shape index (κ1) is 35.8. The molecule has 36 heavy (non-hydrogen) atoms. The molecule has 0 bridgehead atoms. The molecule has 1 aromatic carbocycles. The summed E-state index contributed by atoms with van der Waals surface area (Å²) in [6.07, 6.45) is 23.4. The van der Waals surface area contributed by atoms with Crippen molar-refractivity contribution in [1.29, 1.82) is 0 Å². The molecular formula is C30H51NaO4S. The number of unbranched alkanes of at least 4 members (excludes halogenated alkanes) is 17. The summed E-state index contributed by atoms with van der Waals surface area (Å²) in [7, 11) is -4.60. The maximum atomic E-state index is 12.9. The molecule has 0 aliphatic rings. The minimum atomic E-state index is -4.60. The summed E-state index contributed by atoms with van der Waals surface area (Å²) >= 11 is 0. The number of hydrogen-bond donors (Lipinski definition) is 0. The van der Waals surface area contributed by atoms with Crippen LogP contribution in [0, 0.1) is 0 Å². The molecule has 0 N–H and O–H groups in total. The Morgan fingerprint density at radius 1 is 0.667 bits per heavy atom. The molecule has 0 aromatic heterocycles. The summed E-state index contributed by atoms with van der Waals surface area (Å²) in [5.74, 6) is -0.0273. The van der Waals surface area contributed by atoms with Gasteiger partial charge in [0.2, 0.25) is 0 Å². The molecule has 4 nitrogen and oxygen atoms in total. The molecule has 0 spiro atoms. The van der Waals surface area contributed by atoms with Crippen LogP contribution in [0.4, 0.5) is 0 Å². The van der Waals surface area contributed by atoms with Crippen molar-refractivity contribution in [2.75, 3.05) is 0 Å². The van der Waals surface area contributed by atoms with E-state index in [2.05, 4.69) is 13.8 Å². The third kappa shape index (κ3) is 16.6. The molecule has 0 atom stereocenters. The van der Waals surface area contributed by atoms with Crippen LogP contribution >= 0.6 is 0 Å². The minimum Gasteiger partial charge on any atom is -0.744 e. The summed E-state index contributed by atoms with van der Waals surface area (Å²) in [5.41, 5.74) is 0.889. The van der Waals surface area contributed by atoms with Gasteiger partial charge in [-0.05, 0) is 30.9 Å². The first-order chi connectivity index (χ1) is 16.9. The molecule has 1 aromatic rings. The van der Waals surface area contributed by atoms with Crippen LogP contribution in [0.5, 0.6) is 0 Å². The van der Waals surface area contributed by atoms with Gasteiger partial charge in [-0.25, -0.2) is 8.42 Å². The summed E-state index contributed by atoms with van der Waals surface area (Å²) in [6, 6.07) is 4.61. The second-order valence-electron chi connectivity index (χ2n) is 10.2. The molecule has 1 rings (SSSR count). The van der Waals surface area contributed by atoms with Gasteiger partial charge in [0.1, 0.15) is 10.1 Å². The van der Waals surface area contributed by atoms with Crippen LogP contribution in [-0.4, -0.2) is 18.8 Å². The Hall–Kier alpha value is -0.200. The van der Waals surface area contributed by atoms with Gasteiger partial charge in [-0.15, -0.1) is 0 Å². The van der Waals surface area contributed by atoms with Crippen molar-refractivity contribution >= 4 is 15.9 Å². The smallest absolute Gasteiger partial charge is 0.744 e. The Labute approximate surface area is 244 Å². The number of carbonyl (C=O) groups is 1. The van der Waals surface area contributed by atoms with Gasteiger partial charge in [-0.2, -0.15) is 0 Å². The minimum absolute atomic E-state index is 0. The van der Waals surface area contributed by atoms with Crippen molar-refractivity contribution in [2.24, 2.45) is 0 Å². The second-order valence-corrected chi connectivity index (χ2v) is 11.5. The average Bonchev–Trinajstić information content (AvgIpc) is 2.83.